The third kappa shape index (κ3) is 5.12. The summed E-state index contributed by atoms with van der Waals surface area (Å²) in [4.78, 5) is 29.9. The number of rotatable bonds is 8. The van der Waals surface area contributed by atoms with Gasteiger partial charge in [0, 0.05) is 12.3 Å². The molecule has 0 aliphatic rings. The number of thiazole rings is 1. The van der Waals surface area contributed by atoms with Gasteiger partial charge < -0.3 is 14.2 Å². The Balaban J connectivity index is 1.63. The van der Waals surface area contributed by atoms with Crippen molar-refractivity contribution in [3.63, 3.8) is 0 Å². The molecule has 2 aromatic carbocycles. The SMILES string of the molecule is COc1ccccc1N(C(C)=O)c1nc(COC(=O)COc2ccccc2F)cs1. The van der Waals surface area contributed by atoms with Gasteiger partial charge in [-0.2, -0.15) is 0 Å². The fraction of sp³-hybridized carbons (Fsp3) is 0.190. The number of nitrogens with zero attached hydrogens (tertiary/aromatic N) is 2. The van der Waals surface area contributed by atoms with E-state index in [0.717, 1.165) is 0 Å². The number of esters is 1. The van der Waals surface area contributed by atoms with Crippen LogP contribution in [-0.2, 0) is 20.9 Å². The van der Waals surface area contributed by atoms with E-state index in [1.54, 1.807) is 35.7 Å². The molecule has 0 N–H and O–H groups in total. The first-order chi connectivity index (χ1) is 14.5. The Hall–Kier alpha value is -3.46. The summed E-state index contributed by atoms with van der Waals surface area (Å²) < 4.78 is 29.1. The van der Waals surface area contributed by atoms with Crippen molar-refractivity contribution < 1.29 is 28.2 Å². The molecule has 0 spiro atoms. The summed E-state index contributed by atoms with van der Waals surface area (Å²) in [6.07, 6.45) is 0. The van der Waals surface area contributed by atoms with Gasteiger partial charge in [-0.25, -0.2) is 14.2 Å². The normalized spacial score (nSPS) is 10.4. The molecule has 0 unspecified atom stereocenters. The first-order valence-electron chi connectivity index (χ1n) is 8.90. The largest absolute Gasteiger partial charge is 0.495 e. The summed E-state index contributed by atoms with van der Waals surface area (Å²) in [6, 6.07) is 12.9. The molecule has 0 bridgehead atoms. The number of hydrogen-bond donors (Lipinski definition) is 0. The number of para-hydroxylation sites is 3. The van der Waals surface area contributed by atoms with Gasteiger partial charge in [0.15, 0.2) is 23.3 Å². The van der Waals surface area contributed by atoms with Crippen molar-refractivity contribution in [3.8, 4) is 11.5 Å². The summed E-state index contributed by atoms with van der Waals surface area (Å²) in [6.45, 7) is 0.889. The summed E-state index contributed by atoms with van der Waals surface area (Å²) >= 11 is 1.23. The average Bonchev–Trinajstić information content (AvgIpc) is 3.20. The number of hydrogen-bond acceptors (Lipinski definition) is 7. The summed E-state index contributed by atoms with van der Waals surface area (Å²) in [7, 11) is 1.52. The van der Waals surface area contributed by atoms with Crippen LogP contribution in [0.5, 0.6) is 11.5 Å². The van der Waals surface area contributed by atoms with Gasteiger partial charge in [-0.3, -0.25) is 9.69 Å². The molecule has 1 amide bonds. The fourth-order valence-electron chi connectivity index (χ4n) is 2.58. The van der Waals surface area contributed by atoms with Gasteiger partial charge in [0.1, 0.15) is 12.4 Å². The molecule has 1 heterocycles. The van der Waals surface area contributed by atoms with Crippen molar-refractivity contribution in [3.05, 3.63) is 65.4 Å². The maximum absolute atomic E-state index is 13.5. The summed E-state index contributed by atoms with van der Waals surface area (Å²) in [5.74, 6) is -0.966. The van der Waals surface area contributed by atoms with Gasteiger partial charge in [-0.1, -0.05) is 24.3 Å². The van der Waals surface area contributed by atoms with Gasteiger partial charge in [0.25, 0.3) is 0 Å². The Kier molecular flexibility index (Phi) is 6.97. The van der Waals surface area contributed by atoms with Gasteiger partial charge in [0.05, 0.1) is 18.5 Å². The second-order valence-corrected chi connectivity index (χ2v) is 6.86. The first kappa shape index (κ1) is 21.3. The second-order valence-electron chi connectivity index (χ2n) is 6.03. The van der Waals surface area contributed by atoms with E-state index in [9.17, 15) is 14.0 Å². The fourth-order valence-corrected chi connectivity index (χ4v) is 3.45. The Morgan fingerprint density at radius 1 is 1.10 bits per heavy atom. The Morgan fingerprint density at radius 2 is 1.80 bits per heavy atom. The Bertz CT molecular complexity index is 1040. The van der Waals surface area contributed by atoms with Crippen LogP contribution in [0.4, 0.5) is 15.2 Å². The molecule has 9 heteroatoms. The highest BCUT2D eigenvalue weighted by Crippen LogP contribution is 2.35. The third-order valence-corrected chi connectivity index (χ3v) is 4.81. The zero-order valence-electron chi connectivity index (χ0n) is 16.3. The molecule has 0 saturated heterocycles. The molecule has 3 rings (SSSR count). The Morgan fingerprint density at radius 3 is 2.50 bits per heavy atom. The van der Waals surface area contributed by atoms with Gasteiger partial charge in [-0.05, 0) is 24.3 Å². The molecular weight excluding hydrogens is 411 g/mol. The molecule has 30 heavy (non-hydrogen) atoms. The number of carbonyl (C=O) groups excluding carboxylic acids is 2. The molecule has 0 aliphatic carbocycles. The van der Waals surface area contributed by atoms with E-state index in [1.165, 1.54) is 48.5 Å². The van der Waals surface area contributed by atoms with Crippen molar-refractivity contribution in [2.75, 3.05) is 18.6 Å². The predicted octanol–water partition coefficient (Wildman–Crippen LogP) is 4.10. The molecule has 156 valence electrons. The van der Waals surface area contributed by atoms with Gasteiger partial charge in [-0.15, -0.1) is 11.3 Å². The topological polar surface area (TPSA) is 78.0 Å². The lowest BCUT2D eigenvalue weighted by Gasteiger charge is -2.20. The molecule has 3 aromatic rings. The molecular formula is C21H19FN2O5S. The smallest absolute Gasteiger partial charge is 0.344 e. The zero-order valence-corrected chi connectivity index (χ0v) is 17.1. The van der Waals surface area contributed by atoms with E-state index < -0.39 is 18.4 Å². The summed E-state index contributed by atoms with van der Waals surface area (Å²) in [5, 5.41) is 2.10. The second kappa shape index (κ2) is 9.84. The van der Waals surface area contributed by atoms with Crippen molar-refractivity contribution in [2.24, 2.45) is 0 Å². The quantitative estimate of drug-likeness (QED) is 0.501. The Labute approximate surface area is 176 Å². The molecule has 0 saturated carbocycles. The van der Waals surface area contributed by atoms with E-state index in [-0.39, 0.29) is 18.3 Å². The van der Waals surface area contributed by atoms with Crippen molar-refractivity contribution in [1.29, 1.82) is 0 Å². The van der Waals surface area contributed by atoms with E-state index in [1.807, 2.05) is 0 Å². The maximum atomic E-state index is 13.5. The highest BCUT2D eigenvalue weighted by atomic mass is 32.1. The maximum Gasteiger partial charge on any atom is 0.344 e. The minimum atomic E-state index is -0.666. The monoisotopic (exact) mass is 430 g/mol. The molecule has 1 aromatic heterocycles. The summed E-state index contributed by atoms with van der Waals surface area (Å²) in [5.41, 5.74) is 1.03. The lowest BCUT2D eigenvalue weighted by molar-refractivity contribution is -0.147. The van der Waals surface area contributed by atoms with Crippen LogP contribution in [0.2, 0.25) is 0 Å². The molecule has 7 nitrogen and oxygen atoms in total. The van der Waals surface area contributed by atoms with Crippen LogP contribution in [0.15, 0.2) is 53.9 Å². The van der Waals surface area contributed by atoms with Crippen LogP contribution in [0, 0.1) is 5.82 Å². The number of carbonyl (C=O) groups is 2. The number of methoxy groups -OCH3 is 1. The highest BCUT2D eigenvalue weighted by molar-refractivity contribution is 7.14. The van der Waals surface area contributed by atoms with Gasteiger partial charge in [0.2, 0.25) is 5.91 Å². The van der Waals surface area contributed by atoms with Crippen molar-refractivity contribution in [1.82, 2.24) is 4.98 Å². The lowest BCUT2D eigenvalue weighted by atomic mass is 10.2. The minimum absolute atomic E-state index is 0.0284. The highest BCUT2D eigenvalue weighted by Gasteiger charge is 2.21. The first-order valence-corrected chi connectivity index (χ1v) is 9.78. The molecule has 0 fully saturated rings. The number of aromatic nitrogens is 1. The molecule has 0 aliphatic heterocycles. The van der Waals surface area contributed by atoms with Crippen LogP contribution in [0.25, 0.3) is 0 Å². The predicted molar refractivity (Wildman–Crippen MR) is 110 cm³/mol. The van der Waals surface area contributed by atoms with Crippen molar-refractivity contribution in [2.45, 2.75) is 13.5 Å². The van der Waals surface area contributed by atoms with Crippen LogP contribution in [-0.4, -0.2) is 30.6 Å². The van der Waals surface area contributed by atoms with Gasteiger partial charge >= 0.3 is 5.97 Å². The van der Waals surface area contributed by atoms with Crippen LogP contribution in [0.1, 0.15) is 12.6 Å². The van der Waals surface area contributed by atoms with Crippen LogP contribution < -0.4 is 14.4 Å². The van der Waals surface area contributed by atoms with Crippen LogP contribution in [0.3, 0.4) is 0 Å². The number of halogens is 1. The van der Waals surface area contributed by atoms with E-state index in [4.69, 9.17) is 14.2 Å². The minimum Gasteiger partial charge on any atom is -0.495 e. The van der Waals surface area contributed by atoms with Crippen LogP contribution >= 0.6 is 11.3 Å². The standard InChI is InChI=1S/C21H19FN2O5S/c1-14(25)24(17-8-4-6-10-19(17)27-2)21-23-15(13-30-21)11-29-20(26)12-28-18-9-5-3-7-16(18)22/h3-10,13H,11-12H2,1-2H3. The number of anilines is 2. The van der Waals surface area contributed by atoms with E-state index in [2.05, 4.69) is 4.98 Å². The zero-order chi connectivity index (χ0) is 21.5. The number of amides is 1. The number of benzene rings is 2. The lowest BCUT2D eigenvalue weighted by Crippen LogP contribution is -2.23. The molecule has 0 atom stereocenters. The van der Waals surface area contributed by atoms with Crippen molar-refractivity contribution >= 4 is 34.0 Å². The number of ether oxygens (including phenoxy) is 3. The third-order valence-electron chi connectivity index (χ3n) is 3.94. The molecule has 0 radical (unpaired) electrons. The van der Waals surface area contributed by atoms with E-state index in [0.29, 0.717) is 22.3 Å². The van der Waals surface area contributed by atoms with E-state index >= 15 is 0 Å². The average molecular weight is 430 g/mol.